The molecule has 1 aliphatic heterocycles. The Morgan fingerprint density at radius 1 is 0.842 bits per heavy atom. The summed E-state index contributed by atoms with van der Waals surface area (Å²) < 4.78 is 5.89. The maximum Gasteiger partial charge on any atom is 0.141 e. The third-order valence-electron chi connectivity index (χ3n) is 3.61. The van der Waals surface area contributed by atoms with E-state index in [1.54, 1.807) is 38.1 Å². The van der Waals surface area contributed by atoms with E-state index >= 15 is 0 Å². The summed E-state index contributed by atoms with van der Waals surface area (Å²) in [6, 6.07) is 6.87. The molecule has 19 heavy (non-hydrogen) atoms. The van der Waals surface area contributed by atoms with Gasteiger partial charge in [0, 0.05) is 22.3 Å². The molecule has 0 fully saturated rings. The number of fused-ring (bicyclic) bond motifs is 2. The Morgan fingerprint density at radius 2 is 1.26 bits per heavy atom. The fourth-order valence-corrected chi connectivity index (χ4v) is 2.35. The molecule has 1 heterocycles. The van der Waals surface area contributed by atoms with Crippen molar-refractivity contribution in [3.63, 3.8) is 0 Å². The van der Waals surface area contributed by atoms with Crippen molar-refractivity contribution in [2.45, 2.75) is 13.8 Å². The van der Waals surface area contributed by atoms with Crippen molar-refractivity contribution < 1.29 is 14.9 Å². The second-order valence-electron chi connectivity index (χ2n) is 4.75. The summed E-state index contributed by atoms with van der Waals surface area (Å²) in [5.41, 5.74) is 3.92. The van der Waals surface area contributed by atoms with Gasteiger partial charge in [-0.05, 0) is 43.7 Å². The summed E-state index contributed by atoms with van der Waals surface area (Å²) in [4.78, 5) is 0. The molecule has 2 aromatic carbocycles. The average molecular weight is 254 g/mol. The van der Waals surface area contributed by atoms with Crippen molar-refractivity contribution in [1.29, 1.82) is 0 Å². The lowest BCUT2D eigenvalue weighted by atomic mass is 9.92. The third kappa shape index (κ3) is 1.51. The molecule has 0 aliphatic carbocycles. The van der Waals surface area contributed by atoms with Gasteiger partial charge in [0.1, 0.15) is 23.0 Å². The summed E-state index contributed by atoms with van der Waals surface area (Å²) in [5, 5.41) is 19.5. The van der Waals surface area contributed by atoms with E-state index in [0.717, 1.165) is 16.7 Å². The van der Waals surface area contributed by atoms with E-state index < -0.39 is 0 Å². The minimum absolute atomic E-state index is 0.188. The van der Waals surface area contributed by atoms with Crippen LogP contribution in [0.25, 0.3) is 5.57 Å². The van der Waals surface area contributed by atoms with E-state index in [2.05, 4.69) is 6.58 Å². The third-order valence-corrected chi connectivity index (χ3v) is 3.61. The first-order valence-electron chi connectivity index (χ1n) is 6.03. The van der Waals surface area contributed by atoms with E-state index in [0.29, 0.717) is 22.6 Å². The van der Waals surface area contributed by atoms with Gasteiger partial charge >= 0.3 is 0 Å². The number of phenols is 2. The van der Waals surface area contributed by atoms with Crippen LogP contribution in [-0.2, 0) is 0 Å². The smallest absolute Gasteiger partial charge is 0.141 e. The summed E-state index contributed by atoms with van der Waals surface area (Å²) in [6.45, 7) is 7.69. The molecule has 0 radical (unpaired) electrons. The predicted molar refractivity (Wildman–Crippen MR) is 73.9 cm³/mol. The fourth-order valence-electron chi connectivity index (χ4n) is 2.35. The van der Waals surface area contributed by atoms with Crippen molar-refractivity contribution >= 4 is 5.57 Å². The van der Waals surface area contributed by atoms with Gasteiger partial charge in [0.05, 0.1) is 0 Å². The number of hydrogen-bond acceptors (Lipinski definition) is 3. The Labute approximate surface area is 111 Å². The molecule has 0 aromatic heterocycles. The highest BCUT2D eigenvalue weighted by Gasteiger charge is 2.25. The molecule has 96 valence electrons. The van der Waals surface area contributed by atoms with Crippen molar-refractivity contribution in [1.82, 2.24) is 0 Å². The van der Waals surface area contributed by atoms with Gasteiger partial charge in [0.2, 0.25) is 0 Å². The SMILES string of the molecule is C=C1c2ccc(O)c(C)c2Oc2c1ccc(O)c2C. The van der Waals surface area contributed by atoms with Gasteiger partial charge in [-0.3, -0.25) is 0 Å². The Balaban J connectivity index is 2.29. The molecule has 0 atom stereocenters. The van der Waals surface area contributed by atoms with E-state index in [1.807, 2.05) is 0 Å². The molecule has 0 spiro atoms. The minimum atomic E-state index is 0.188. The van der Waals surface area contributed by atoms with Gasteiger partial charge < -0.3 is 14.9 Å². The molecule has 1 aliphatic rings. The second kappa shape index (κ2) is 3.79. The molecule has 0 unspecified atom stereocenters. The Morgan fingerprint density at radius 3 is 1.68 bits per heavy atom. The van der Waals surface area contributed by atoms with Crippen LogP contribution < -0.4 is 4.74 Å². The molecule has 3 rings (SSSR count). The highest BCUT2D eigenvalue weighted by molar-refractivity contribution is 5.88. The maximum absolute atomic E-state index is 9.77. The van der Waals surface area contributed by atoms with E-state index in [1.165, 1.54) is 0 Å². The van der Waals surface area contributed by atoms with Crippen LogP contribution in [0.1, 0.15) is 22.3 Å². The Hall–Kier alpha value is -2.42. The fraction of sp³-hybridized carbons (Fsp3) is 0.125. The largest absolute Gasteiger partial charge is 0.508 e. The summed E-state index contributed by atoms with van der Waals surface area (Å²) in [5.74, 6) is 1.58. The minimum Gasteiger partial charge on any atom is -0.508 e. The molecule has 3 nitrogen and oxygen atoms in total. The lowest BCUT2D eigenvalue weighted by Gasteiger charge is -2.25. The van der Waals surface area contributed by atoms with Crippen LogP contribution in [0.3, 0.4) is 0 Å². The normalized spacial score (nSPS) is 12.6. The molecule has 0 bridgehead atoms. The topological polar surface area (TPSA) is 49.7 Å². The predicted octanol–water partition coefficient (Wildman–Crippen LogP) is 3.88. The number of rotatable bonds is 0. The van der Waals surface area contributed by atoms with Crippen LogP contribution in [0.4, 0.5) is 0 Å². The highest BCUT2D eigenvalue weighted by atomic mass is 16.5. The van der Waals surface area contributed by atoms with Gasteiger partial charge in [-0.2, -0.15) is 0 Å². The summed E-state index contributed by atoms with van der Waals surface area (Å²) >= 11 is 0. The second-order valence-corrected chi connectivity index (χ2v) is 4.75. The van der Waals surface area contributed by atoms with Gasteiger partial charge in [0.15, 0.2) is 0 Å². The Kier molecular flexibility index (Phi) is 2.32. The van der Waals surface area contributed by atoms with Gasteiger partial charge in [-0.1, -0.05) is 6.58 Å². The highest BCUT2D eigenvalue weighted by Crippen LogP contribution is 2.48. The van der Waals surface area contributed by atoms with Crippen LogP contribution in [0.2, 0.25) is 0 Å². The number of phenolic OH excluding ortho intramolecular Hbond substituents is 2. The van der Waals surface area contributed by atoms with E-state index in [-0.39, 0.29) is 11.5 Å². The molecular formula is C16H14O3. The number of aromatic hydroxyl groups is 2. The van der Waals surface area contributed by atoms with E-state index in [9.17, 15) is 10.2 Å². The first-order valence-corrected chi connectivity index (χ1v) is 6.03. The van der Waals surface area contributed by atoms with Crippen molar-refractivity contribution in [2.75, 3.05) is 0 Å². The zero-order chi connectivity index (χ0) is 13.7. The molecular weight excluding hydrogens is 240 g/mol. The summed E-state index contributed by atoms with van der Waals surface area (Å²) in [6.07, 6.45) is 0. The standard InChI is InChI=1S/C16H14O3/c1-8-11-4-6-13(17)9(2)15(11)19-16-10(3)14(18)7-5-12(8)16/h4-7,17-18H,1H2,2-3H3. The Bertz CT molecular complexity index is 655. The first kappa shape index (κ1) is 11.7. The number of ether oxygens (including phenoxy) is 1. The van der Waals surface area contributed by atoms with Crippen molar-refractivity contribution in [3.05, 3.63) is 53.1 Å². The summed E-state index contributed by atoms with van der Waals surface area (Å²) in [7, 11) is 0. The first-order chi connectivity index (χ1) is 9.00. The van der Waals surface area contributed by atoms with Crippen LogP contribution in [0.5, 0.6) is 23.0 Å². The lowest BCUT2D eigenvalue weighted by Crippen LogP contribution is -2.04. The molecule has 0 saturated heterocycles. The number of hydrogen-bond donors (Lipinski definition) is 2. The monoisotopic (exact) mass is 254 g/mol. The van der Waals surface area contributed by atoms with Gasteiger partial charge in [0.25, 0.3) is 0 Å². The van der Waals surface area contributed by atoms with E-state index in [4.69, 9.17) is 4.74 Å². The van der Waals surface area contributed by atoms with Crippen molar-refractivity contribution in [3.8, 4) is 23.0 Å². The average Bonchev–Trinajstić information content (AvgIpc) is 2.39. The van der Waals surface area contributed by atoms with Crippen LogP contribution >= 0.6 is 0 Å². The zero-order valence-electron chi connectivity index (χ0n) is 10.8. The van der Waals surface area contributed by atoms with Gasteiger partial charge in [-0.25, -0.2) is 0 Å². The molecule has 0 amide bonds. The van der Waals surface area contributed by atoms with Crippen LogP contribution in [0.15, 0.2) is 30.8 Å². The van der Waals surface area contributed by atoms with Crippen molar-refractivity contribution in [2.24, 2.45) is 0 Å². The van der Waals surface area contributed by atoms with Crippen LogP contribution in [0, 0.1) is 13.8 Å². The zero-order valence-corrected chi connectivity index (χ0v) is 10.8. The molecule has 2 aromatic rings. The van der Waals surface area contributed by atoms with Gasteiger partial charge in [-0.15, -0.1) is 0 Å². The molecule has 0 saturated carbocycles. The lowest BCUT2D eigenvalue weighted by molar-refractivity contribution is 0.432. The molecule has 3 heteroatoms. The quantitative estimate of drug-likeness (QED) is 0.640. The van der Waals surface area contributed by atoms with Crippen LogP contribution in [-0.4, -0.2) is 10.2 Å². The molecule has 2 N–H and O–H groups in total. The number of benzene rings is 2. The maximum atomic E-state index is 9.77.